The molecule has 1 atom stereocenters. The van der Waals surface area contributed by atoms with Crippen LogP contribution in [0.15, 0.2) is 24.3 Å². The Labute approximate surface area is 177 Å². The van der Waals surface area contributed by atoms with Gasteiger partial charge in [-0.25, -0.2) is 0 Å². The minimum atomic E-state index is -0.835. The Morgan fingerprint density at radius 2 is 1.96 bits per heavy atom. The summed E-state index contributed by atoms with van der Waals surface area (Å²) in [5.74, 6) is 0.595. The van der Waals surface area contributed by atoms with Gasteiger partial charge in [0.1, 0.15) is 0 Å². The molecule has 1 aliphatic heterocycles. The second kappa shape index (κ2) is 11.3. The number of piperidine rings is 1. The van der Waals surface area contributed by atoms with E-state index >= 15 is 0 Å². The number of hydrogen-bond acceptors (Lipinski definition) is 4. The van der Waals surface area contributed by atoms with Crippen molar-refractivity contribution in [3.05, 3.63) is 29.8 Å². The first-order valence-electron chi connectivity index (χ1n) is 10.1. The zero-order chi connectivity index (χ0) is 19.1. The molecule has 1 amide bonds. The molecule has 158 valence electrons. The number of benzene rings is 1. The molecule has 0 spiro atoms. The maximum atomic E-state index is 13.0. The Hall–Kier alpha value is -0.950. The Morgan fingerprint density at radius 1 is 1.25 bits per heavy atom. The van der Waals surface area contributed by atoms with Gasteiger partial charge in [0.2, 0.25) is 5.91 Å². The van der Waals surface area contributed by atoms with E-state index in [0.717, 1.165) is 50.0 Å². The minimum Gasteiger partial charge on any atom is -0.384 e. The summed E-state index contributed by atoms with van der Waals surface area (Å²) >= 11 is 0. The maximum Gasteiger partial charge on any atom is 0.233 e. The van der Waals surface area contributed by atoms with Gasteiger partial charge in [0.25, 0.3) is 0 Å². The Kier molecular flexibility index (Phi) is 9.41. The van der Waals surface area contributed by atoms with Gasteiger partial charge in [-0.15, -0.1) is 12.4 Å². The van der Waals surface area contributed by atoms with E-state index in [9.17, 15) is 9.00 Å². The van der Waals surface area contributed by atoms with Crippen LogP contribution in [-0.4, -0.2) is 42.2 Å². The Morgan fingerprint density at radius 3 is 2.64 bits per heavy atom. The molecule has 2 N–H and O–H groups in total. The molecule has 3 rings (SSSR count). The lowest BCUT2D eigenvalue weighted by molar-refractivity contribution is -0.130. The fourth-order valence-corrected chi connectivity index (χ4v) is 5.83. The molecule has 1 heterocycles. The predicted octanol–water partition coefficient (Wildman–Crippen LogP) is 3.64. The zero-order valence-corrected chi connectivity index (χ0v) is 18.3. The Balaban J connectivity index is 0.00000280. The van der Waals surface area contributed by atoms with Crippen LogP contribution in [-0.2, 0) is 26.1 Å². The topological polar surface area (TPSA) is 67.4 Å². The van der Waals surface area contributed by atoms with Gasteiger partial charge in [-0.3, -0.25) is 9.00 Å². The predicted molar refractivity (Wildman–Crippen MR) is 117 cm³/mol. The summed E-state index contributed by atoms with van der Waals surface area (Å²) in [6, 6.07) is 7.83. The van der Waals surface area contributed by atoms with Gasteiger partial charge in [-0.2, -0.15) is 0 Å². The van der Waals surface area contributed by atoms with Crippen molar-refractivity contribution in [2.24, 2.45) is 5.41 Å². The smallest absolute Gasteiger partial charge is 0.233 e. The van der Waals surface area contributed by atoms with Gasteiger partial charge >= 0.3 is 0 Å². The first kappa shape index (κ1) is 23.3. The number of carbonyl (C=O) groups excluding carboxylic acids is 1. The minimum absolute atomic E-state index is 0. The second-order valence-corrected chi connectivity index (χ2v) is 9.62. The number of nitrogens with one attached hydrogen (secondary N) is 2. The molecular weight excluding hydrogens is 396 g/mol. The van der Waals surface area contributed by atoms with Crippen LogP contribution >= 0.6 is 12.4 Å². The number of methoxy groups -OCH3 is 1. The van der Waals surface area contributed by atoms with Gasteiger partial charge < -0.3 is 15.4 Å². The number of rotatable bonds is 7. The average molecular weight is 429 g/mol. The third-order valence-electron chi connectivity index (χ3n) is 5.88. The van der Waals surface area contributed by atoms with Crippen molar-refractivity contribution in [3.8, 4) is 0 Å². The maximum absolute atomic E-state index is 13.0. The fourth-order valence-electron chi connectivity index (χ4n) is 4.23. The molecule has 0 aromatic heterocycles. The van der Waals surface area contributed by atoms with Crippen LogP contribution in [0.2, 0.25) is 0 Å². The largest absolute Gasteiger partial charge is 0.384 e. The van der Waals surface area contributed by atoms with E-state index in [2.05, 4.69) is 10.6 Å². The highest BCUT2D eigenvalue weighted by Gasteiger charge is 2.39. The van der Waals surface area contributed by atoms with Gasteiger partial charge in [0.05, 0.1) is 12.0 Å². The molecule has 1 saturated carbocycles. The lowest BCUT2D eigenvalue weighted by atomic mass is 9.78. The molecule has 5 nitrogen and oxygen atoms in total. The summed E-state index contributed by atoms with van der Waals surface area (Å²) < 4.78 is 18.0. The number of anilines is 1. The third-order valence-corrected chi connectivity index (χ3v) is 7.71. The Bertz CT molecular complexity index is 653. The molecule has 0 bridgehead atoms. The molecule has 1 aromatic rings. The SMILES string of the molecule is COCC1(C(=O)Nc2cccc(CS(=O)C3CCCCC3)c2)CCNCC1.Cl. The average Bonchev–Trinajstić information content (AvgIpc) is 2.70. The number of ether oxygens (including phenoxy) is 1. The summed E-state index contributed by atoms with van der Waals surface area (Å²) in [5, 5.41) is 6.72. The quantitative estimate of drug-likeness (QED) is 0.695. The van der Waals surface area contributed by atoms with Crippen molar-refractivity contribution >= 4 is 34.8 Å². The van der Waals surface area contributed by atoms with Crippen molar-refractivity contribution in [3.63, 3.8) is 0 Å². The van der Waals surface area contributed by atoms with Crippen LogP contribution in [0.3, 0.4) is 0 Å². The first-order chi connectivity index (χ1) is 13.1. The van der Waals surface area contributed by atoms with E-state index in [1.54, 1.807) is 7.11 Å². The fraction of sp³-hybridized carbons (Fsp3) is 0.667. The van der Waals surface area contributed by atoms with Gasteiger partial charge in [0.15, 0.2) is 0 Å². The lowest BCUT2D eigenvalue weighted by Crippen LogP contribution is -2.47. The second-order valence-electron chi connectivity index (χ2n) is 7.90. The normalized spacial score (nSPS) is 20.8. The monoisotopic (exact) mass is 428 g/mol. The summed E-state index contributed by atoms with van der Waals surface area (Å²) in [6.45, 7) is 2.10. The number of amides is 1. The van der Waals surface area contributed by atoms with E-state index in [1.165, 1.54) is 19.3 Å². The van der Waals surface area contributed by atoms with Crippen LogP contribution in [0.5, 0.6) is 0 Å². The van der Waals surface area contributed by atoms with Crippen LogP contribution in [0.25, 0.3) is 0 Å². The summed E-state index contributed by atoms with van der Waals surface area (Å²) in [6.07, 6.45) is 7.38. The van der Waals surface area contributed by atoms with E-state index in [1.807, 2.05) is 24.3 Å². The van der Waals surface area contributed by atoms with Crippen molar-refractivity contribution in [2.75, 3.05) is 32.1 Å². The highest BCUT2D eigenvalue weighted by atomic mass is 35.5. The lowest BCUT2D eigenvalue weighted by Gasteiger charge is -2.35. The van der Waals surface area contributed by atoms with Crippen LogP contribution in [0.4, 0.5) is 5.69 Å². The van der Waals surface area contributed by atoms with Gasteiger partial charge in [0, 0.05) is 34.6 Å². The van der Waals surface area contributed by atoms with Crippen molar-refractivity contribution in [1.82, 2.24) is 5.32 Å². The van der Waals surface area contributed by atoms with Crippen molar-refractivity contribution in [1.29, 1.82) is 0 Å². The van der Waals surface area contributed by atoms with Crippen LogP contribution in [0.1, 0.15) is 50.5 Å². The number of halogens is 1. The number of hydrogen-bond donors (Lipinski definition) is 2. The molecule has 1 saturated heterocycles. The van der Waals surface area contributed by atoms with E-state index < -0.39 is 16.2 Å². The van der Waals surface area contributed by atoms with E-state index in [0.29, 0.717) is 17.6 Å². The van der Waals surface area contributed by atoms with Crippen molar-refractivity contribution in [2.45, 2.75) is 55.9 Å². The molecule has 1 aromatic carbocycles. The molecule has 2 fully saturated rings. The molecule has 2 aliphatic rings. The zero-order valence-electron chi connectivity index (χ0n) is 16.7. The summed E-state index contributed by atoms with van der Waals surface area (Å²) in [5.41, 5.74) is 1.34. The molecule has 7 heteroatoms. The van der Waals surface area contributed by atoms with Crippen molar-refractivity contribution < 1.29 is 13.7 Å². The van der Waals surface area contributed by atoms with E-state index in [4.69, 9.17) is 4.74 Å². The number of carbonyl (C=O) groups is 1. The molecule has 28 heavy (non-hydrogen) atoms. The standard InChI is InChI=1S/C21H32N2O3S.ClH/c1-26-16-21(10-12-22-13-11-21)20(24)23-18-7-5-6-17(14-18)15-27(25)19-8-3-2-4-9-19;/h5-7,14,19,22H,2-4,8-13,15-16H2,1H3,(H,23,24);1H. The highest BCUT2D eigenvalue weighted by Crippen LogP contribution is 2.31. The van der Waals surface area contributed by atoms with Crippen LogP contribution in [0, 0.1) is 5.41 Å². The summed E-state index contributed by atoms with van der Waals surface area (Å²) in [4.78, 5) is 13.0. The van der Waals surface area contributed by atoms with E-state index in [-0.39, 0.29) is 18.3 Å². The van der Waals surface area contributed by atoms with Crippen LogP contribution < -0.4 is 10.6 Å². The molecule has 1 aliphatic carbocycles. The molecular formula is C21H33ClN2O3S. The first-order valence-corrected chi connectivity index (χ1v) is 11.5. The third kappa shape index (κ3) is 6.02. The summed E-state index contributed by atoms with van der Waals surface area (Å²) in [7, 11) is 0.816. The molecule has 1 unspecified atom stereocenters. The molecule has 0 radical (unpaired) electrons. The van der Waals surface area contributed by atoms with Gasteiger partial charge in [-0.05, 0) is 56.5 Å². The van der Waals surface area contributed by atoms with Gasteiger partial charge in [-0.1, -0.05) is 31.4 Å². The highest BCUT2D eigenvalue weighted by molar-refractivity contribution is 7.84.